The Hall–Kier alpha value is -2.61. The lowest BCUT2D eigenvalue weighted by Gasteiger charge is -2.35. The molecular weight excluding hydrogens is 384 g/mol. The predicted molar refractivity (Wildman–Crippen MR) is 112 cm³/mol. The average molecular weight is 415 g/mol. The summed E-state index contributed by atoms with van der Waals surface area (Å²) >= 11 is 0. The van der Waals surface area contributed by atoms with Crippen molar-refractivity contribution in [1.82, 2.24) is 15.1 Å². The molecule has 1 N–H and O–H groups in total. The van der Waals surface area contributed by atoms with Crippen LogP contribution >= 0.6 is 0 Å². The van der Waals surface area contributed by atoms with Gasteiger partial charge in [0.15, 0.2) is 0 Å². The number of amides is 3. The molecule has 0 bridgehead atoms. The monoisotopic (exact) mass is 414 g/mol. The molecule has 1 unspecified atom stereocenters. The van der Waals surface area contributed by atoms with E-state index >= 15 is 0 Å². The fraction of sp³-hybridized carbons (Fsp3) is 0.591. The highest BCUT2D eigenvalue weighted by atomic mass is 16.5. The summed E-state index contributed by atoms with van der Waals surface area (Å²) < 4.78 is 5.65. The molecule has 3 aliphatic rings. The first-order chi connectivity index (χ1) is 14.5. The van der Waals surface area contributed by atoms with Crippen molar-refractivity contribution in [2.24, 2.45) is 5.92 Å². The summed E-state index contributed by atoms with van der Waals surface area (Å²) in [5, 5.41) is 3.00. The van der Waals surface area contributed by atoms with Crippen molar-refractivity contribution < 1.29 is 19.1 Å². The molecule has 2 aliphatic heterocycles. The molecule has 30 heavy (non-hydrogen) atoms. The Morgan fingerprint density at radius 3 is 2.57 bits per heavy atom. The average Bonchev–Trinajstić information content (AvgIpc) is 3.47. The number of nitrogens with one attached hydrogen (secondary N) is 1. The van der Waals surface area contributed by atoms with Crippen molar-refractivity contribution in [1.29, 1.82) is 0 Å². The van der Waals surface area contributed by atoms with Crippen LogP contribution in [-0.2, 0) is 14.4 Å². The quantitative estimate of drug-likeness (QED) is 0.716. The molecule has 2 saturated heterocycles. The van der Waals surface area contributed by atoms with Crippen LogP contribution in [0.1, 0.15) is 26.2 Å². The Bertz CT molecular complexity index is 802. The topological polar surface area (TPSA) is 82.2 Å². The summed E-state index contributed by atoms with van der Waals surface area (Å²) in [6.07, 6.45) is 2.39. The molecule has 1 saturated carbocycles. The Labute approximate surface area is 177 Å². The second kappa shape index (κ2) is 9.04. The highest BCUT2D eigenvalue weighted by Crippen LogP contribution is 2.33. The van der Waals surface area contributed by atoms with E-state index in [2.05, 4.69) is 10.2 Å². The van der Waals surface area contributed by atoms with Crippen molar-refractivity contribution in [2.75, 3.05) is 50.8 Å². The molecule has 1 atom stereocenters. The van der Waals surface area contributed by atoms with E-state index < -0.39 is 0 Å². The zero-order chi connectivity index (χ0) is 21.1. The van der Waals surface area contributed by atoms with Crippen LogP contribution in [0.3, 0.4) is 0 Å². The smallest absolute Gasteiger partial charge is 0.234 e. The molecule has 0 aromatic heterocycles. The third kappa shape index (κ3) is 4.75. The Morgan fingerprint density at radius 1 is 1.13 bits per heavy atom. The fourth-order valence-corrected chi connectivity index (χ4v) is 4.15. The van der Waals surface area contributed by atoms with Gasteiger partial charge in [-0.2, -0.15) is 0 Å². The zero-order valence-corrected chi connectivity index (χ0v) is 17.5. The highest BCUT2D eigenvalue weighted by molar-refractivity contribution is 6.01. The zero-order valence-electron chi connectivity index (χ0n) is 17.5. The van der Waals surface area contributed by atoms with E-state index in [0.29, 0.717) is 57.7 Å². The molecule has 1 aromatic rings. The normalized spacial score (nSPS) is 22.3. The number of nitrogens with zero attached hydrogens (tertiary/aromatic N) is 3. The van der Waals surface area contributed by atoms with E-state index in [0.717, 1.165) is 18.5 Å². The van der Waals surface area contributed by atoms with Gasteiger partial charge < -0.3 is 19.9 Å². The maximum absolute atomic E-state index is 13.0. The van der Waals surface area contributed by atoms with Crippen molar-refractivity contribution in [2.45, 2.75) is 32.2 Å². The molecule has 8 nitrogen and oxygen atoms in total. The number of ether oxygens (including phenoxy) is 1. The van der Waals surface area contributed by atoms with Gasteiger partial charge in [0, 0.05) is 45.2 Å². The number of benzene rings is 1. The van der Waals surface area contributed by atoms with Crippen LogP contribution in [0.5, 0.6) is 5.75 Å². The molecule has 3 fully saturated rings. The molecule has 0 radical (unpaired) electrons. The molecule has 4 rings (SSSR count). The summed E-state index contributed by atoms with van der Waals surface area (Å²) in [5.74, 6) is 0.386. The van der Waals surface area contributed by atoms with Gasteiger partial charge in [-0.15, -0.1) is 0 Å². The Kier molecular flexibility index (Phi) is 6.22. The van der Waals surface area contributed by atoms with Gasteiger partial charge in [0.25, 0.3) is 0 Å². The molecule has 0 spiro atoms. The number of para-hydroxylation sites is 2. The van der Waals surface area contributed by atoms with Gasteiger partial charge >= 0.3 is 0 Å². The van der Waals surface area contributed by atoms with Crippen molar-refractivity contribution in [3.8, 4) is 5.75 Å². The van der Waals surface area contributed by atoms with Gasteiger partial charge in [-0.1, -0.05) is 12.1 Å². The minimum Gasteiger partial charge on any atom is -0.492 e. The highest BCUT2D eigenvalue weighted by Gasteiger charge is 2.39. The fourth-order valence-electron chi connectivity index (χ4n) is 4.15. The lowest BCUT2D eigenvalue weighted by atomic mass is 10.1. The third-order valence-electron chi connectivity index (χ3n) is 5.92. The minimum atomic E-state index is -0.336. The molecular formula is C22H30N4O4. The number of piperazine rings is 1. The number of carbonyl (C=O) groups excluding carboxylic acids is 3. The van der Waals surface area contributed by atoms with Gasteiger partial charge in [0.1, 0.15) is 5.75 Å². The largest absolute Gasteiger partial charge is 0.492 e. The van der Waals surface area contributed by atoms with Gasteiger partial charge in [-0.3, -0.25) is 19.3 Å². The van der Waals surface area contributed by atoms with Crippen molar-refractivity contribution in [3.05, 3.63) is 24.3 Å². The second-order valence-corrected chi connectivity index (χ2v) is 8.25. The van der Waals surface area contributed by atoms with Crippen molar-refractivity contribution in [3.63, 3.8) is 0 Å². The number of anilines is 1. The lowest BCUT2D eigenvalue weighted by Crippen LogP contribution is -2.52. The van der Waals surface area contributed by atoms with Gasteiger partial charge in [-0.05, 0) is 31.9 Å². The SMILES string of the molecule is CCOc1ccccc1N1CC(C(=O)N2CCN(CC(=O)NC3CC3)CC2)CC1=O. The standard InChI is InChI=1S/C22H30N4O4/c1-2-30-19-6-4-3-5-18(19)26-14-16(13-21(26)28)22(29)25-11-9-24(10-12-25)15-20(27)23-17-7-8-17/h3-6,16-17H,2,7-15H2,1H3,(H,23,27). The first-order valence-electron chi connectivity index (χ1n) is 10.9. The van der Waals surface area contributed by atoms with Crippen LogP contribution in [-0.4, -0.2) is 79.4 Å². The van der Waals surface area contributed by atoms with Crippen molar-refractivity contribution >= 4 is 23.4 Å². The van der Waals surface area contributed by atoms with Crippen LogP contribution in [0.15, 0.2) is 24.3 Å². The van der Waals surface area contributed by atoms with Crippen LogP contribution in [0, 0.1) is 5.92 Å². The molecule has 162 valence electrons. The maximum Gasteiger partial charge on any atom is 0.234 e. The van der Waals surface area contributed by atoms with Crippen LogP contribution in [0.4, 0.5) is 5.69 Å². The summed E-state index contributed by atoms with van der Waals surface area (Å²) in [6.45, 7) is 5.75. The summed E-state index contributed by atoms with van der Waals surface area (Å²) in [5.41, 5.74) is 0.728. The molecule has 3 amide bonds. The van der Waals surface area contributed by atoms with Gasteiger partial charge in [0.2, 0.25) is 17.7 Å². The number of carbonyl (C=O) groups is 3. The van der Waals surface area contributed by atoms with Crippen LogP contribution in [0.25, 0.3) is 0 Å². The summed E-state index contributed by atoms with van der Waals surface area (Å²) in [6, 6.07) is 7.83. The second-order valence-electron chi connectivity index (χ2n) is 8.25. The number of hydrogen-bond acceptors (Lipinski definition) is 5. The van der Waals surface area contributed by atoms with E-state index in [1.165, 1.54) is 0 Å². The van der Waals surface area contributed by atoms with E-state index in [1.807, 2.05) is 36.1 Å². The van der Waals surface area contributed by atoms with Gasteiger partial charge in [0.05, 0.1) is 24.8 Å². The maximum atomic E-state index is 13.0. The van der Waals surface area contributed by atoms with E-state index in [-0.39, 0.29) is 30.1 Å². The third-order valence-corrected chi connectivity index (χ3v) is 5.92. The summed E-state index contributed by atoms with van der Waals surface area (Å²) in [4.78, 5) is 43.3. The Balaban J connectivity index is 1.30. The molecule has 2 heterocycles. The van der Waals surface area contributed by atoms with Gasteiger partial charge in [-0.25, -0.2) is 0 Å². The van der Waals surface area contributed by atoms with E-state index in [1.54, 1.807) is 4.90 Å². The molecule has 1 aromatic carbocycles. The lowest BCUT2D eigenvalue weighted by molar-refractivity contribution is -0.137. The Morgan fingerprint density at radius 2 is 1.87 bits per heavy atom. The molecule has 1 aliphatic carbocycles. The van der Waals surface area contributed by atoms with E-state index in [4.69, 9.17) is 4.74 Å². The number of rotatable bonds is 7. The minimum absolute atomic E-state index is 0.0295. The first-order valence-corrected chi connectivity index (χ1v) is 10.9. The predicted octanol–water partition coefficient (Wildman–Crippen LogP) is 0.861. The number of hydrogen-bond donors (Lipinski definition) is 1. The van der Waals surface area contributed by atoms with Crippen LogP contribution < -0.4 is 15.0 Å². The van der Waals surface area contributed by atoms with Crippen LogP contribution in [0.2, 0.25) is 0 Å². The molecule has 8 heteroatoms. The summed E-state index contributed by atoms with van der Waals surface area (Å²) in [7, 11) is 0. The first kappa shape index (κ1) is 20.7. The van der Waals surface area contributed by atoms with E-state index in [9.17, 15) is 14.4 Å².